The summed E-state index contributed by atoms with van der Waals surface area (Å²) in [7, 11) is 0. The fraction of sp³-hybridized carbons (Fsp3) is 0.529. The number of carboxylic acid groups (broad SMARTS) is 1. The van der Waals surface area contributed by atoms with Crippen LogP contribution in [-0.2, 0) is 20.9 Å². The molecule has 1 atom stereocenters. The van der Waals surface area contributed by atoms with Crippen molar-refractivity contribution in [2.75, 3.05) is 13.1 Å². The number of benzene rings is 1. The minimum Gasteiger partial charge on any atom is -0.483 e. The number of amides is 1. The predicted octanol–water partition coefficient (Wildman–Crippen LogP) is 2.91. The standard InChI is InChI=1S/C16H23NO3.CH2O2/c1-16(2,3)20-15(18)17-10-9-14(11-17)19-12-13-7-5-4-6-8-13;2-1-3/h4-8,14H,9-12H2,1-3H3;1H,(H,2,3)/t14-;/m1./s1. The van der Waals surface area contributed by atoms with Crippen molar-refractivity contribution in [1.29, 1.82) is 0 Å². The summed E-state index contributed by atoms with van der Waals surface area (Å²) in [5.41, 5.74) is 0.711. The lowest BCUT2D eigenvalue weighted by Gasteiger charge is -2.24. The minimum atomic E-state index is -0.444. The zero-order valence-electron chi connectivity index (χ0n) is 13.9. The highest BCUT2D eigenvalue weighted by molar-refractivity contribution is 5.68. The third kappa shape index (κ3) is 7.65. The van der Waals surface area contributed by atoms with E-state index in [2.05, 4.69) is 0 Å². The predicted molar refractivity (Wildman–Crippen MR) is 86.1 cm³/mol. The van der Waals surface area contributed by atoms with Gasteiger partial charge in [-0.25, -0.2) is 4.79 Å². The van der Waals surface area contributed by atoms with Crippen LogP contribution in [0.3, 0.4) is 0 Å². The number of hydrogen-bond donors (Lipinski definition) is 1. The Hall–Kier alpha value is -2.08. The summed E-state index contributed by atoms with van der Waals surface area (Å²) in [6, 6.07) is 10.1. The lowest BCUT2D eigenvalue weighted by molar-refractivity contribution is -0.122. The van der Waals surface area contributed by atoms with Crippen LogP contribution < -0.4 is 0 Å². The van der Waals surface area contributed by atoms with Crippen molar-refractivity contribution in [2.24, 2.45) is 0 Å². The maximum absolute atomic E-state index is 11.9. The van der Waals surface area contributed by atoms with Crippen LogP contribution in [0.4, 0.5) is 4.79 Å². The summed E-state index contributed by atoms with van der Waals surface area (Å²) in [6.45, 7) is 7.29. The molecular formula is C17H25NO5. The molecule has 1 aromatic rings. The first kappa shape index (κ1) is 19.0. The molecule has 1 amide bonds. The normalized spacial score (nSPS) is 17.2. The molecule has 2 rings (SSSR count). The number of ether oxygens (including phenoxy) is 2. The van der Waals surface area contributed by atoms with E-state index in [-0.39, 0.29) is 18.7 Å². The van der Waals surface area contributed by atoms with Crippen molar-refractivity contribution in [3.63, 3.8) is 0 Å². The lowest BCUT2D eigenvalue weighted by atomic mass is 10.2. The van der Waals surface area contributed by atoms with E-state index in [0.717, 1.165) is 12.0 Å². The summed E-state index contributed by atoms with van der Waals surface area (Å²) in [5.74, 6) is 0. The molecule has 1 saturated heterocycles. The molecule has 6 nitrogen and oxygen atoms in total. The van der Waals surface area contributed by atoms with E-state index in [1.807, 2.05) is 51.1 Å². The Kier molecular flexibility index (Phi) is 7.54. The average molecular weight is 323 g/mol. The molecule has 0 unspecified atom stereocenters. The van der Waals surface area contributed by atoms with Crippen LogP contribution in [0, 0.1) is 0 Å². The quantitative estimate of drug-likeness (QED) is 0.866. The average Bonchev–Trinajstić information content (AvgIpc) is 2.94. The van der Waals surface area contributed by atoms with Gasteiger partial charge in [0, 0.05) is 6.54 Å². The van der Waals surface area contributed by atoms with Crippen LogP contribution in [0.1, 0.15) is 32.8 Å². The Bertz CT molecular complexity index is 484. The lowest BCUT2D eigenvalue weighted by Crippen LogP contribution is -2.36. The molecule has 1 aliphatic rings. The minimum absolute atomic E-state index is 0.0997. The van der Waals surface area contributed by atoms with Crippen LogP contribution >= 0.6 is 0 Å². The van der Waals surface area contributed by atoms with Crippen molar-refractivity contribution < 1.29 is 24.2 Å². The van der Waals surface area contributed by atoms with Crippen molar-refractivity contribution >= 4 is 12.6 Å². The highest BCUT2D eigenvalue weighted by Gasteiger charge is 2.30. The monoisotopic (exact) mass is 323 g/mol. The van der Waals surface area contributed by atoms with Gasteiger partial charge in [0.15, 0.2) is 0 Å². The van der Waals surface area contributed by atoms with E-state index < -0.39 is 5.60 Å². The van der Waals surface area contributed by atoms with E-state index in [4.69, 9.17) is 19.4 Å². The molecule has 1 N–H and O–H groups in total. The summed E-state index contributed by atoms with van der Waals surface area (Å²) in [5, 5.41) is 6.89. The van der Waals surface area contributed by atoms with Crippen molar-refractivity contribution in [3.8, 4) is 0 Å². The summed E-state index contributed by atoms with van der Waals surface area (Å²) >= 11 is 0. The number of hydrogen-bond acceptors (Lipinski definition) is 4. The zero-order valence-corrected chi connectivity index (χ0v) is 13.9. The van der Waals surface area contributed by atoms with Gasteiger partial charge in [0.25, 0.3) is 6.47 Å². The molecular weight excluding hydrogens is 298 g/mol. The number of likely N-dealkylation sites (tertiary alicyclic amines) is 1. The van der Waals surface area contributed by atoms with Crippen LogP contribution in [0.5, 0.6) is 0 Å². The van der Waals surface area contributed by atoms with Gasteiger partial charge in [-0.1, -0.05) is 30.3 Å². The maximum Gasteiger partial charge on any atom is 0.410 e. The molecule has 0 aromatic heterocycles. The van der Waals surface area contributed by atoms with Gasteiger partial charge in [0.2, 0.25) is 0 Å². The Morgan fingerprint density at radius 3 is 2.52 bits per heavy atom. The van der Waals surface area contributed by atoms with Gasteiger partial charge in [-0.05, 0) is 32.8 Å². The van der Waals surface area contributed by atoms with E-state index >= 15 is 0 Å². The van der Waals surface area contributed by atoms with E-state index in [0.29, 0.717) is 19.7 Å². The molecule has 6 heteroatoms. The molecule has 0 aliphatic carbocycles. The van der Waals surface area contributed by atoms with Gasteiger partial charge >= 0.3 is 6.09 Å². The van der Waals surface area contributed by atoms with Gasteiger partial charge in [0.05, 0.1) is 19.3 Å². The van der Waals surface area contributed by atoms with Crippen LogP contribution in [0.2, 0.25) is 0 Å². The SMILES string of the molecule is CC(C)(C)OC(=O)N1CC[C@@H](OCc2ccccc2)C1.O=CO. The summed E-state index contributed by atoms with van der Waals surface area (Å²) in [4.78, 5) is 22.0. The molecule has 23 heavy (non-hydrogen) atoms. The molecule has 1 heterocycles. The van der Waals surface area contributed by atoms with E-state index in [1.54, 1.807) is 4.90 Å². The first-order valence-corrected chi connectivity index (χ1v) is 7.57. The third-order valence-corrected chi connectivity index (χ3v) is 3.13. The Morgan fingerprint density at radius 2 is 1.96 bits per heavy atom. The summed E-state index contributed by atoms with van der Waals surface area (Å²) in [6.07, 6.45) is 0.720. The second kappa shape index (κ2) is 9.15. The molecule has 0 radical (unpaired) electrons. The smallest absolute Gasteiger partial charge is 0.410 e. The van der Waals surface area contributed by atoms with Crippen LogP contribution in [0.25, 0.3) is 0 Å². The van der Waals surface area contributed by atoms with Crippen molar-refractivity contribution in [1.82, 2.24) is 4.90 Å². The second-order valence-corrected chi connectivity index (χ2v) is 6.24. The molecule has 1 fully saturated rings. The molecule has 0 bridgehead atoms. The van der Waals surface area contributed by atoms with Crippen LogP contribution in [-0.4, -0.2) is 47.4 Å². The Morgan fingerprint density at radius 1 is 1.35 bits per heavy atom. The molecule has 128 valence electrons. The second-order valence-electron chi connectivity index (χ2n) is 6.24. The van der Waals surface area contributed by atoms with Gasteiger partial charge in [-0.3, -0.25) is 4.79 Å². The highest BCUT2D eigenvalue weighted by Crippen LogP contribution is 2.18. The van der Waals surface area contributed by atoms with Crippen molar-refractivity contribution in [2.45, 2.75) is 45.5 Å². The van der Waals surface area contributed by atoms with Gasteiger partial charge in [-0.2, -0.15) is 0 Å². The topological polar surface area (TPSA) is 76.1 Å². The zero-order chi connectivity index (χ0) is 17.3. The largest absolute Gasteiger partial charge is 0.483 e. The fourth-order valence-corrected chi connectivity index (χ4v) is 2.14. The number of rotatable bonds is 3. The fourth-order valence-electron chi connectivity index (χ4n) is 2.14. The molecule has 0 saturated carbocycles. The third-order valence-electron chi connectivity index (χ3n) is 3.13. The first-order chi connectivity index (χ1) is 10.9. The van der Waals surface area contributed by atoms with Gasteiger partial charge in [0.1, 0.15) is 5.60 Å². The molecule has 1 aromatic carbocycles. The highest BCUT2D eigenvalue weighted by atomic mass is 16.6. The van der Waals surface area contributed by atoms with Gasteiger partial charge in [-0.15, -0.1) is 0 Å². The molecule has 0 spiro atoms. The maximum atomic E-state index is 11.9. The van der Waals surface area contributed by atoms with E-state index in [9.17, 15) is 4.79 Å². The van der Waals surface area contributed by atoms with Crippen LogP contribution in [0.15, 0.2) is 30.3 Å². The Balaban J connectivity index is 0.000000816. The first-order valence-electron chi connectivity index (χ1n) is 7.57. The number of nitrogens with zero attached hydrogens (tertiary/aromatic N) is 1. The van der Waals surface area contributed by atoms with Gasteiger partial charge < -0.3 is 19.5 Å². The van der Waals surface area contributed by atoms with Crippen molar-refractivity contribution in [3.05, 3.63) is 35.9 Å². The van der Waals surface area contributed by atoms with E-state index in [1.165, 1.54) is 0 Å². The number of carbonyl (C=O) groups excluding carboxylic acids is 1. The number of carbonyl (C=O) groups is 2. The summed E-state index contributed by atoms with van der Waals surface area (Å²) < 4.78 is 11.2. The Labute approximate surface area is 137 Å². The molecule has 1 aliphatic heterocycles.